The Hall–Kier alpha value is -1.14. The highest BCUT2D eigenvalue weighted by Crippen LogP contribution is 2.86. The van der Waals surface area contributed by atoms with Gasteiger partial charge < -0.3 is 9.59 Å². The Labute approximate surface area is 215 Å². The number of rotatable bonds is 6. The maximum absolute atomic E-state index is 13.1. The zero-order valence-corrected chi connectivity index (χ0v) is 24.1. The van der Waals surface area contributed by atoms with Crippen molar-refractivity contribution in [3.05, 3.63) is 18.4 Å². The standard InChI is InChI=1S/C33H52O2/c1-10-14-33-20-18-27(4,15-11-12-25(3)35)32(33,9)26(23-34)22-31(8)29(6)16-13-24(2)21-28(29,5)17-19-30(31,33)7/h14,23-24,26H,1,11-13,15-22H2,2-9H3. The second-order valence-corrected chi connectivity index (χ2v) is 15.0. The molecule has 0 spiro atoms. The Morgan fingerprint density at radius 1 is 0.943 bits per heavy atom. The summed E-state index contributed by atoms with van der Waals surface area (Å²) in [5.74, 6) is 1.07. The minimum atomic E-state index is -0.163. The lowest BCUT2D eigenvalue weighted by Gasteiger charge is -2.78. The van der Waals surface area contributed by atoms with Crippen LogP contribution in [0.1, 0.15) is 126 Å². The molecule has 4 saturated carbocycles. The Morgan fingerprint density at radius 2 is 1.63 bits per heavy atom. The van der Waals surface area contributed by atoms with Gasteiger partial charge in [0.05, 0.1) is 0 Å². The topological polar surface area (TPSA) is 34.1 Å². The Morgan fingerprint density at radius 3 is 2.23 bits per heavy atom. The predicted octanol–water partition coefficient (Wildman–Crippen LogP) is 8.74. The van der Waals surface area contributed by atoms with Crippen LogP contribution in [0.2, 0.25) is 0 Å². The van der Waals surface area contributed by atoms with E-state index in [1.54, 1.807) is 6.92 Å². The number of aldehydes is 1. The van der Waals surface area contributed by atoms with E-state index in [0.717, 1.165) is 38.0 Å². The van der Waals surface area contributed by atoms with Gasteiger partial charge in [0.15, 0.2) is 0 Å². The number of hydrogen-bond donors (Lipinski definition) is 0. The minimum Gasteiger partial charge on any atom is -0.303 e. The van der Waals surface area contributed by atoms with Gasteiger partial charge in [-0.25, -0.2) is 0 Å². The van der Waals surface area contributed by atoms with Crippen molar-refractivity contribution < 1.29 is 9.59 Å². The lowest BCUT2D eigenvalue weighted by Crippen LogP contribution is -2.73. The third-order valence-electron chi connectivity index (χ3n) is 14.3. The van der Waals surface area contributed by atoms with Gasteiger partial charge in [-0.15, -0.1) is 5.73 Å². The van der Waals surface area contributed by atoms with Gasteiger partial charge in [0.1, 0.15) is 12.1 Å². The van der Waals surface area contributed by atoms with Gasteiger partial charge in [-0.2, -0.15) is 0 Å². The van der Waals surface area contributed by atoms with Crippen LogP contribution in [0.3, 0.4) is 0 Å². The van der Waals surface area contributed by atoms with E-state index < -0.39 is 0 Å². The number of hydrogen-bond acceptors (Lipinski definition) is 2. The molecule has 0 radical (unpaired) electrons. The predicted molar refractivity (Wildman–Crippen MR) is 145 cm³/mol. The number of fused-ring (bicyclic) bond motifs is 5. The largest absolute Gasteiger partial charge is 0.303 e. The molecule has 0 aromatic carbocycles. The Kier molecular flexibility index (Phi) is 6.29. The summed E-state index contributed by atoms with van der Waals surface area (Å²) < 4.78 is 0. The third kappa shape index (κ3) is 3.02. The molecule has 0 N–H and O–H groups in total. The van der Waals surface area contributed by atoms with Crippen LogP contribution in [0, 0.1) is 49.7 Å². The van der Waals surface area contributed by atoms with Crippen LogP contribution < -0.4 is 0 Å². The normalized spacial score (nSPS) is 53.0. The van der Waals surface area contributed by atoms with E-state index >= 15 is 0 Å². The van der Waals surface area contributed by atoms with Crippen LogP contribution in [-0.4, -0.2) is 12.1 Å². The summed E-state index contributed by atoms with van der Waals surface area (Å²) in [6, 6.07) is 0. The first-order chi connectivity index (χ1) is 16.2. The summed E-state index contributed by atoms with van der Waals surface area (Å²) in [4.78, 5) is 24.9. The molecule has 2 nitrogen and oxygen atoms in total. The second kappa shape index (κ2) is 8.18. The maximum Gasteiger partial charge on any atom is 0.129 e. The molecule has 4 fully saturated rings. The van der Waals surface area contributed by atoms with E-state index in [0.29, 0.717) is 11.8 Å². The molecular weight excluding hydrogens is 428 g/mol. The van der Waals surface area contributed by atoms with Gasteiger partial charge in [-0.1, -0.05) is 61.5 Å². The molecule has 0 bridgehead atoms. The van der Waals surface area contributed by atoms with Crippen molar-refractivity contribution in [2.24, 2.45) is 49.7 Å². The average molecular weight is 481 g/mol. The molecule has 0 saturated heterocycles. The minimum absolute atomic E-state index is 0.00790. The van der Waals surface area contributed by atoms with Gasteiger partial charge in [0, 0.05) is 17.8 Å². The van der Waals surface area contributed by atoms with Crippen molar-refractivity contribution in [2.45, 2.75) is 126 Å². The van der Waals surface area contributed by atoms with E-state index in [1.807, 2.05) is 0 Å². The summed E-state index contributed by atoms with van der Waals surface area (Å²) in [5.41, 5.74) is 3.73. The molecular formula is C33H52O2. The summed E-state index contributed by atoms with van der Waals surface area (Å²) in [5, 5.41) is 0. The first kappa shape index (κ1) is 26.9. The van der Waals surface area contributed by atoms with E-state index in [9.17, 15) is 9.59 Å². The number of ketones is 1. The van der Waals surface area contributed by atoms with Gasteiger partial charge >= 0.3 is 0 Å². The van der Waals surface area contributed by atoms with Crippen LogP contribution in [0.4, 0.5) is 0 Å². The molecule has 0 aromatic rings. The van der Waals surface area contributed by atoms with Gasteiger partial charge in [0.2, 0.25) is 0 Å². The molecule has 35 heavy (non-hydrogen) atoms. The highest BCUT2D eigenvalue weighted by Gasteiger charge is 2.80. The average Bonchev–Trinajstić information content (AvgIpc) is 3.01. The number of Topliss-reactive ketones (excluding diaryl/α,β-unsaturated/α-hetero) is 1. The molecule has 9 atom stereocenters. The lowest BCUT2D eigenvalue weighted by atomic mass is 9.25. The summed E-state index contributed by atoms with van der Waals surface area (Å²) in [6.07, 6.45) is 15.8. The van der Waals surface area contributed by atoms with Crippen LogP contribution >= 0.6 is 0 Å². The molecule has 196 valence electrons. The van der Waals surface area contributed by atoms with Gasteiger partial charge in [-0.3, -0.25) is 0 Å². The van der Waals surface area contributed by atoms with Crippen molar-refractivity contribution in [2.75, 3.05) is 0 Å². The van der Waals surface area contributed by atoms with E-state index in [-0.39, 0.29) is 44.2 Å². The van der Waals surface area contributed by atoms with Crippen molar-refractivity contribution >= 4 is 12.1 Å². The fourth-order valence-electron chi connectivity index (χ4n) is 11.5. The summed E-state index contributed by atoms with van der Waals surface area (Å²) in [7, 11) is 0. The quantitative estimate of drug-likeness (QED) is 0.281. The molecule has 0 heterocycles. The van der Waals surface area contributed by atoms with Crippen molar-refractivity contribution in [1.29, 1.82) is 0 Å². The zero-order chi connectivity index (χ0) is 26.1. The lowest BCUT2D eigenvalue weighted by molar-refractivity contribution is -0.295. The van der Waals surface area contributed by atoms with Crippen LogP contribution in [-0.2, 0) is 9.59 Å². The van der Waals surface area contributed by atoms with E-state index in [4.69, 9.17) is 0 Å². The van der Waals surface area contributed by atoms with Crippen molar-refractivity contribution in [3.63, 3.8) is 0 Å². The Bertz CT molecular complexity index is 945. The van der Waals surface area contributed by atoms with Crippen LogP contribution in [0.5, 0.6) is 0 Å². The Balaban J connectivity index is 1.91. The molecule has 9 unspecified atom stereocenters. The highest BCUT2D eigenvalue weighted by atomic mass is 16.1. The molecule has 2 heteroatoms. The molecule has 4 rings (SSSR count). The van der Waals surface area contributed by atoms with Crippen LogP contribution in [0.15, 0.2) is 18.4 Å². The first-order valence-electron chi connectivity index (χ1n) is 14.5. The molecule has 4 aliphatic rings. The monoisotopic (exact) mass is 480 g/mol. The molecule has 0 amide bonds. The van der Waals surface area contributed by atoms with Crippen molar-refractivity contribution in [3.8, 4) is 0 Å². The van der Waals surface area contributed by atoms with E-state index in [1.165, 1.54) is 38.4 Å². The summed E-state index contributed by atoms with van der Waals surface area (Å²) in [6.45, 7) is 23.5. The van der Waals surface area contributed by atoms with Gasteiger partial charge in [0.25, 0.3) is 0 Å². The number of allylic oxidation sites excluding steroid dienone is 1. The zero-order valence-electron chi connectivity index (χ0n) is 24.1. The maximum atomic E-state index is 13.1. The molecule has 4 aliphatic carbocycles. The third-order valence-corrected chi connectivity index (χ3v) is 14.3. The molecule has 0 aromatic heterocycles. The first-order valence-corrected chi connectivity index (χ1v) is 14.5. The second-order valence-electron chi connectivity index (χ2n) is 15.0. The van der Waals surface area contributed by atoms with E-state index in [2.05, 4.69) is 66.9 Å². The van der Waals surface area contributed by atoms with Gasteiger partial charge in [-0.05, 0) is 109 Å². The fraction of sp³-hybridized carbons (Fsp3) is 0.848. The van der Waals surface area contributed by atoms with Crippen molar-refractivity contribution in [1.82, 2.24) is 0 Å². The number of carbonyl (C=O) groups is 2. The fourth-order valence-corrected chi connectivity index (χ4v) is 11.5. The molecule has 0 aliphatic heterocycles. The highest BCUT2D eigenvalue weighted by molar-refractivity contribution is 5.75. The number of carbonyl (C=O) groups excluding carboxylic acids is 2. The smallest absolute Gasteiger partial charge is 0.129 e. The summed E-state index contributed by atoms with van der Waals surface area (Å²) >= 11 is 0. The van der Waals surface area contributed by atoms with Crippen LogP contribution in [0.25, 0.3) is 0 Å². The SMILES string of the molecule is C=C=CC12CCC(C)(CCCC(C)=O)C1(C)C(C=O)CC1(C)C3(C)CCC(C)CC3(C)CCC12C.